The first kappa shape index (κ1) is 12.6. The lowest BCUT2D eigenvalue weighted by molar-refractivity contribution is -0.117. The Bertz CT molecular complexity index is 508. The molecule has 94 valence electrons. The van der Waals surface area contributed by atoms with E-state index in [4.69, 9.17) is 10.5 Å². The summed E-state index contributed by atoms with van der Waals surface area (Å²) in [5.74, 6) is 0.526. The summed E-state index contributed by atoms with van der Waals surface area (Å²) >= 11 is 1.47. The van der Waals surface area contributed by atoms with Gasteiger partial charge in [-0.3, -0.25) is 4.79 Å². The lowest BCUT2D eigenvalue weighted by Crippen LogP contribution is -2.26. The number of hydrogen-bond donors (Lipinski definition) is 2. The van der Waals surface area contributed by atoms with Crippen molar-refractivity contribution in [2.75, 3.05) is 12.4 Å². The van der Waals surface area contributed by atoms with E-state index in [2.05, 4.69) is 5.32 Å². The van der Waals surface area contributed by atoms with Crippen LogP contribution in [0, 0.1) is 0 Å². The van der Waals surface area contributed by atoms with E-state index in [0.717, 1.165) is 10.6 Å². The second-order valence-corrected chi connectivity index (χ2v) is 4.69. The lowest BCUT2D eigenvalue weighted by Gasteiger charge is -2.11. The van der Waals surface area contributed by atoms with E-state index in [9.17, 15) is 4.79 Å². The summed E-state index contributed by atoms with van der Waals surface area (Å²) in [6.45, 7) is 0. The quantitative estimate of drug-likeness (QED) is 0.889. The molecule has 0 saturated carbocycles. The Morgan fingerprint density at radius 2 is 2.06 bits per heavy atom. The number of methoxy groups -OCH3 is 1. The first-order valence-corrected chi connectivity index (χ1v) is 6.32. The van der Waals surface area contributed by atoms with E-state index >= 15 is 0 Å². The van der Waals surface area contributed by atoms with Gasteiger partial charge in [-0.15, -0.1) is 11.3 Å². The molecule has 18 heavy (non-hydrogen) atoms. The van der Waals surface area contributed by atoms with Crippen molar-refractivity contribution < 1.29 is 9.53 Å². The molecule has 0 aliphatic carbocycles. The maximum absolute atomic E-state index is 11.9. The Balaban J connectivity index is 2.02. The van der Waals surface area contributed by atoms with E-state index < -0.39 is 6.04 Å². The van der Waals surface area contributed by atoms with Crippen molar-refractivity contribution in [2.45, 2.75) is 6.04 Å². The summed E-state index contributed by atoms with van der Waals surface area (Å²) in [5, 5.41) is 4.67. The highest BCUT2D eigenvalue weighted by atomic mass is 32.1. The minimum atomic E-state index is -0.632. The maximum atomic E-state index is 11.9. The standard InChI is InChI=1S/C13H14N2O2S/c1-17-10-6-4-9(5-7-10)15-13(16)12(14)11-3-2-8-18-11/h2-8,12H,14H2,1H3,(H,15,16). The van der Waals surface area contributed by atoms with Crippen molar-refractivity contribution in [1.82, 2.24) is 0 Å². The highest BCUT2D eigenvalue weighted by Gasteiger charge is 2.16. The number of thiophene rings is 1. The Hall–Kier alpha value is -1.85. The zero-order valence-electron chi connectivity index (χ0n) is 9.92. The molecule has 0 aliphatic heterocycles. The van der Waals surface area contributed by atoms with Crippen LogP contribution < -0.4 is 15.8 Å². The summed E-state index contributed by atoms with van der Waals surface area (Å²) in [7, 11) is 1.60. The van der Waals surface area contributed by atoms with E-state index in [0.29, 0.717) is 5.69 Å². The Kier molecular flexibility index (Phi) is 3.96. The van der Waals surface area contributed by atoms with Crippen LogP contribution in [-0.2, 0) is 4.79 Å². The molecule has 1 atom stereocenters. The molecule has 1 aromatic carbocycles. The molecule has 2 aromatic rings. The van der Waals surface area contributed by atoms with E-state index in [-0.39, 0.29) is 5.91 Å². The van der Waals surface area contributed by atoms with Crippen molar-refractivity contribution in [2.24, 2.45) is 5.73 Å². The van der Waals surface area contributed by atoms with Gasteiger partial charge < -0.3 is 15.8 Å². The second kappa shape index (κ2) is 5.66. The summed E-state index contributed by atoms with van der Waals surface area (Å²) in [6, 6.07) is 10.2. The molecular formula is C13H14N2O2S. The van der Waals surface area contributed by atoms with Gasteiger partial charge in [0.25, 0.3) is 0 Å². The van der Waals surface area contributed by atoms with E-state index in [1.165, 1.54) is 11.3 Å². The highest BCUT2D eigenvalue weighted by Crippen LogP contribution is 2.20. The van der Waals surface area contributed by atoms with Crippen LogP contribution in [0.3, 0.4) is 0 Å². The summed E-state index contributed by atoms with van der Waals surface area (Å²) in [5.41, 5.74) is 6.56. The van der Waals surface area contributed by atoms with Gasteiger partial charge in [-0.25, -0.2) is 0 Å². The smallest absolute Gasteiger partial charge is 0.246 e. The van der Waals surface area contributed by atoms with Gasteiger partial charge in [0.15, 0.2) is 0 Å². The fourth-order valence-electron chi connectivity index (χ4n) is 1.49. The fourth-order valence-corrected chi connectivity index (χ4v) is 2.22. The van der Waals surface area contributed by atoms with Crippen LogP contribution in [0.1, 0.15) is 10.9 Å². The van der Waals surface area contributed by atoms with Crippen LogP contribution in [0.5, 0.6) is 5.75 Å². The number of amides is 1. The number of hydrogen-bond acceptors (Lipinski definition) is 4. The molecule has 1 aromatic heterocycles. The Morgan fingerprint density at radius 3 is 2.61 bits per heavy atom. The third kappa shape index (κ3) is 2.88. The van der Waals surface area contributed by atoms with Crippen molar-refractivity contribution in [3.63, 3.8) is 0 Å². The molecule has 4 nitrogen and oxygen atoms in total. The first-order chi connectivity index (χ1) is 8.70. The summed E-state index contributed by atoms with van der Waals surface area (Å²) in [4.78, 5) is 12.8. The van der Waals surface area contributed by atoms with E-state index in [1.807, 2.05) is 17.5 Å². The molecule has 0 spiro atoms. The van der Waals surface area contributed by atoms with Gasteiger partial charge in [0.2, 0.25) is 5.91 Å². The highest BCUT2D eigenvalue weighted by molar-refractivity contribution is 7.10. The van der Waals surface area contributed by atoms with Crippen LogP contribution in [0.4, 0.5) is 5.69 Å². The Labute approximate surface area is 109 Å². The zero-order chi connectivity index (χ0) is 13.0. The topological polar surface area (TPSA) is 64.3 Å². The number of carbonyl (C=O) groups excluding carboxylic acids is 1. The number of ether oxygens (including phenoxy) is 1. The fraction of sp³-hybridized carbons (Fsp3) is 0.154. The van der Waals surface area contributed by atoms with Gasteiger partial charge in [-0.1, -0.05) is 6.07 Å². The normalized spacial score (nSPS) is 11.9. The minimum Gasteiger partial charge on any atom is -0.497 e. The lowest BCUT2D eigenvalue weighted by atomic mass is 10.2. The van der Waals surface area contributed by atoms with Gasteiger partial charge in [0.05, 0.1) is 7.11 Å². The number of rotatable bonds is 4. The summed E-state index contributed by atoms with van der Waals surface area (Å²) < 4.78 is 5.04. The molecule has 0 fully saturated rings. The molecular weight excluding hydrogens is 248 g/mol. The average molecular weight is 262 g/mol. The predicted molar refractivity (Wildman–Crippen MR) is 72.9 cm³/mol. The Morgan fingerprint density at radius 1 is 1.33 bits per heavy atom. The van der Waals surface area contributed by atoms with Gasteiger partial charge in [0, 0.05) is 10.6 Å². The monoisotopic (exact) mass is 262 g/mol. The number of carbonyl (C=O) groups is 1. The molecule has 1 amide bonds. The molecule has 0 bridgehead atoms. The largest absolute Gasteiger partial charge is 0.497 e. The molecule has 1 heterocycles. The number of anilines is 1. The van der Waals surface area contributed by atoms with Gasteiger partial charge >= 0.3 is 0 Å². The maximum Gasteiger partial charge on any atom is 0.246 e. The van der Waals surface area contributed by atoms with Gasteiger partial charge in [-0.05, 0) is 35.7 Å². The van der Waals surface area contributed by atoms with Crippen molar-refractivity contribution in [3.8, 4) is 5.75 Å². The molecule has 1 unspecified atom stereocenters. The first-order valence-electron chi connectivity index (χ1n) is 5.44. The van der Waals surface area contributed by atoms with Crippen LogP contribution >= 0.6 is 11.3 Å². The molecule has 0 saturated heterocycles. The molecule has 0 radical (unpaired) electrons. The molecule has 3 N–H and O–H groups in total. The number of nitrogens with one attached hydrogen (secondary N) is 1. The minimum absolute atomic E-state index is 0.220. The zero-order valence-corrected chi connectivity index (χ0v) is 10.7. The second-order valence-electron chi connectivity index (χ2n) is 3.71. The predicted octanol–water partition coefficient (Wildman–Crippen LogP) is 2.40. The van der Waals surface area contributed by atoms with Crippen LogP contribution in [0.15, 0.2) is 41.8 Å². The third-order valence-electron chi connectivity index (χ3n) is 2.49. The van der Waals surface area contributed by atoms with Gasteiger partial charge in [0.1, 0.15) is 11.8 Å². The number of nitrogens with two attached hydrogens (primary N) is 1. The van der Waals surface area contributed by atoms with Crippen molar-refractivity contribution in [1.29, 1.82) is 0 Å². The average Bonchev–Trinajstić information content (AvgIpc) is 2.92. The van der Waals surface area contributed by atoms with Crippen LogP contribution in [-0.4, -0.2) is 13.0 Å². The van der Waals surface area contributed by atoms with Crippen molar-refractivity contribution in [3.05, 3.63) is 46.7 Å². The van der Waals surface area contributed by atoms with Crippen molar-refractivity contribution >= 4 is 22.9 Å². The van der Waals surface area contributed by atoms with Crippen LogP contribution in [0.25, 0.3) is 0 Å². The third-order valence-corrected chi connectivity index (χ3v) is 3.45. The molecule has 0 aliphatic rings. The number of benzene rings is 1. The summed E-state index contributed by atoms with van der Waals surface area (Å²) in [6.07, 6.45) is 0. The van der Waals surface area contributed by atoms with Gasteiger partial charge in [-0.2, -0.15) is 0 Å². The molecule has 2 rings (SSSR count). The van der Waals surface area contributed by atoms with Crippen LogP contribution in [0.2, 0.25) is 0 Å². The van der Waals surface area contributed by atoms with E-state index in [1.54, 1.807) is 31.4 Å². The SMILES string of the molecule is COc1ccc(NC(=O)C(N)c2cccs2)cc1. The molecule has 5 heteroatoms.